The third kappa shape index (κ3) is 0.953. The molecular weight excluding hydrogens is 130 g/mol. The van der Waals surface area contributed by atoms with E-state index in [9.17, 15) is 4.79 Å². The van der Waals surface area contributed by atoms with Crippen molar-refractivity contribution in [3.05, 3.63) is 22.6 Å². The Morgan fingerprint density at radius 1 is 1.70 bits per heavy atom. The number of nitrogens with one attached hydrogen (secondary N) is 2. The molecule has 0 aliphatic rings. The normalized spacial score (nSPS) is 9.30. The minimum atomic E-state index is -0.258. The number of nitrogen functional groups attached to an aromatic ring is 1. The van der Waals surface area contributed by atoms with E-state index >= 15 is 0 Å². The Morgan fingerprint density at radius 2 is 2.40 bits per heavy atom. The van der Waals surface area contributed by atoms with Gasteiger partial charge in [0.2, 0.25) is 0 Å². The molecule has 0 aromatic carbocycles. The van der Waals surface area contributed by atoms with Crippen molar-refractivity contribution in [3.63, 3.8) is 0 Å². The second kappa shape index (κ2) is 2.43. The van der Waals surface area contributed by atoms with E-state index in [0.717, 1.165) is 0 Å². The highest BCUT2D eigenvalue weighted by atomic mass is 16.1. The molecule has 0 bridgehead atoms. The van der Waals surface area contributed by atoms with Crippen LogP contribution in [-0.4, -0.2) is 12.0 Å². The first-order chi connectivity index (χ1) is 4.75. The van der Waals surface area contributed by atoms with Crippen LogP contribution in [0.3, 0.4) is 0 Å². The van der Waals surface area contributed by atoms with Gasteiger partial charge in [-0.2, -0.15) is 0 Å². The van der Waals surface area contributed by atoms with Gasteiger partial charge in [-0.25, -0.2) is 0 Å². The van der Waals surface area contributed by atoms with E-state index in [1.807, 2.05) is 0 Å². The average Bonchev–Trinajstić information content (AvgIpc) is 1.95. The average molecular weight is 139 g/mol. The molecule has 0 radical (unpaired) electrons. The molecule has 4 heteroatoms. The molecule has 10 heavy (non-hydrogen) atoms. The van der Waals surface area contributed by atoms with E-state index < -0.39 is 0 Å². The van der Waals surface area contributed by atoms with Crippen molar-refractivity contribution < 1.29 is 0 Å². The molecular formula is C6H9N3O. The molecule has 4 nitrogen and oxygen atoms in total. The van der Waals surface area contributed by atoms with Gasteiger partial charge in [0.05, 0.1) is 5.69 Å². The number of aromatic amines is 1. The van der Waals surface area contributed by atoms with Gasteiger partial charge in [-0.3, -0.25) is 4.79 Å². The SMILES string of the molecule is CNc1cc[nH]c(=O)c1N. The first-order valence-corrected chi connectivity index (χ1v) is 2.90. The summed E-state index contributed by atoms with van der Waals surface area (Å²) in [6.45, 7) is 0. The summed E-state index contributed by atoms with van der Waals surface area (Å²) in [5, 5.41) is 2.79. The zero-order valence-corrected chi connectivity index (χ0v) is 5.64. The number of anilines is 2. The maximum atomic E-state index is 10.8. The van der Waals surface area contributed by atoms with E-state index in [-0.39, 0.29) is 11.2 Å². The van der Waals surface area contributed by atoms with E-state index in [1.165, 1.54) is 0 Å². The lowest BCUT2D eigenvalue weighted by Gasteiger charge is -2.00. The standard InChI is InChI=1S/C6H9N3O/c1-8-4-2-3-9-6(10)5(4)7/h2-3H,7H2,1H3,(H2,8,9,10). The molecule has 1 aromatic rings. The Morgan fingerprint density at radius 3 is 2.90 bits per heavy atom. The number of hydrogen-bond donors (Lipinski definition) is 3. The van der Waals surface area contributed by atoms with Crippen LogP contribution in [-0.2, 0) is 0 Å². The Kier molecular flexibility index (Phi) is 1.62. The highest BCUT2D eigenvalue weighted by molar-refractivity contribution is 5.63. The number of hydrogen-bond acceptors (Lipinski definition) is 3. The van der Waals surface area contributed by atoms with Gasteiger partial charge in [-0.15, -0.1) is 0 Å². The third-order valence-corrected chi connectivity index (χ3v) is 1.27. The minimum absolute atomic E-state index is 0.227. The molecule has 0 aliphatic carbocycles. The van der Waals surface area contributed by atoms with E-state index in [0.29, 0.717) is 5.69 Å². The first kappa shape index (κ1) is 6.67. The topological polar surface area (TPSA) is 70.9 Å². The van der Waals surface area contributed by atoms with Crippen molar-refractivity contribution in [2.45, 2.75) is 0 Å². The van der Waals surface area contributed by atoms with Crippen LogP contribution in [0.25, 0.3) is 0 Å². The van der Waals surface area contributed by atoms with Gasteiger partial charge >= 0.3 is 0 Å². The molecule has 0 saturated heterocycles. The second-order valence-electron chi connectivity index (χ2n) is 1.88. The lowest BCUT2D eigenvalue weighted by Crippen LogP contribution is -2.12. The lowest BCUT2D eigenvalue weighted by atomic mass is 10.3. The molecule has 1 rings (SSSR count). The number of nitrogens with two attached hydrogens (primary N) is 1. The van der Waals surface area contributed by atoms with Gasteiger partial charge in [0, 0.05) is 13.2 Å². The largest absolute Gasteiger partial charge is 0.393 e. The summed E-state index contributed by atoms with van der Waals surface area (Å²) in [7, 11) is 1.71. The van der Waals surface area contributed by atoms with Crippen molar-refractivity contribution in [3.8, 4) is 0 Å². The number of rotatable bonds is 1. The van der Waals surface area contributed by atoms with Crippen LogP contribution < -0.4 is 16.6 Å². The highest BCUT2D eigenvalue weighted by Crippen LogP contribution is 2.08. The zero-order valence-electron chi connectivity index (χ0n) is 5.64. The van der Waals surface area contributed by atoms with Crippen LogP contribution in [0.2, 0.25) is 0 Å². The lowest BCUT2D eigenvalue weighted by molar-refractivity contribution is 1.24. The van der Waals surface area contributed by atoms with Crippen LogP contribution in [0.5, 0.6) is 0 Å². The zero-order chi connectivity index (χ0) is 7.56. The van der Waals surface area contributed by atoms with E-state index in [1.54, 1.807) is 19.3 Å². The summed E-state index contributed by atoms with van der Waals surface area (Å²) in [5.74, 6) is 0. The fourth-order valence-corrected chi connectivity index (χ4v) is 0.709. The van der Waals surface area contributed by atoms with Gasteiger partial charge in [0.15, 0.2) is 0 Å². The molecule has 0 aliphatic heterocycles. The molecule has 1 aromatic heterocycles. The van der Waals surface area contributed by atoms with E-state index in [4.69, 9.17) is 5.73 Å². The summed E-state index contributed by atoms with van der Waals surface area (Å²) >= 11 is 0. The van der Waals surface area contributed by atoms with Crippen molar-refractivity contribution in [2.75, 3.05) is 18.1 Å². The predicted molar refractivity (Wildman–Crippen MR) is 41.0 cm³/mol. The van der Waals surface area contributed by atoms with Crippen LogP contribution in [0.15, 0.2) is 17.1 Å². The summed E-state index contributed by atoms with van der Waals surface area (Å²) in [5.41, 5.74) is 6.01. The Labute approximate surface area is 58.1 Å². The minimum Gasteiger partial charge on any atom is -0.393 e. The monoisotopic (exact) mass is 139 g/mol. The Bertz CT molecular complexity index is 279. The summed E-state index contributed by atoms with van der Waals surface area (Å²) in [4.78, 5) is 13.2. The van der Waals surface area contributed by atoms with E-state index in [2.05, 4.69) is 10.3 Å². The smallest absolute Gasteiger partial charge is 0.273 e. The van der Waals surface area contributed by atoms with Gasteiger partial charge < -0.3 is 16.0 Å². The van der Waals surface area contributed by atoms with Gasteiger partial charge in [-0.05, 0) is 6.07 Å². The predicted octanol–water partition coefficient (Wildman–Crippen LogP) is -0.00120. The molecule has 0 unspecified atom stereocenters. The summed E-state index contributed by atoms with van der Waals surface area (Å²) < 4.78 is 0. The quantitative estimate of drug-likeness (QED) is 0.512. The molecule has 0 fully saturated rings. The molecule has 1 heterocycles. The van der Waals surface area contributed by atoms with Crippen molar-refractivity contribution in [1.82, 2.24) is 4.98 Å². The van der Waals surface area contributed by atoms with Crippen LogP contribution in [0.1, 0.15) is 0 Å². The number of H-pyrrole nitrogens is 1. The highest BCUT2D eigenvalue weighted by Gasteiger charge is 1.97. The maximum absolute atomic E-state index is 10.8. The summed E-state index contributed by atoms with van der Waals surface area (Å²) in [6.07, 6.45) is 1.55. The second-order valence-corrected chi connectivity index (χ2v) is 1.88. The fraction of sp³-hybridized carbons (Fsp3) is 0.167. The Balaban J connectivity index is 3.28. The maximum Gasteiger partial charge on any atom is 0.273 e. The van der Waals surface area contributed by atoms with Crippen molar-refractivity contribution in [2.24, 2.45) is 0 Å². The molecule has 0 spiro atoms. The number of aromatic nitrogens is 1. The van der Waals surface area contributed by atoms with Crippen LogP contribution in [0.4, 0.5) is 11.4 Å². The first-order valence-electron chi connectivity index (χ1n) is 2.90. The molecule has 0 saturated carbocycles. The summed E-state index contributed by atoms with van der Waals surface area (Å²) in [6, 6.07) is 1.71. The van der Waals surface area contributed by atoms with Crippen molar-refractivity contribution >= 4 is 11.4 Å². The fourth-order valence-electron chi connectivity index (χ4n) is 0.709. The molecule has 0 amide bonds. The molecule has 4 N–H and O–H groups in total. The van der Waals surface area contributed by atoms with Gasteiger partial charge in [0.1, 0.15) is 5.69 Å². The molecule has 54 valence electrons. The number of pyridine rings is 1. The van der Waals surface area contributed by atoms with Gasteiger partial charge in [0.25, 0.3) is 5.56 Å². The van der Waals surface area contributed by atoms with Crippen LogP contribution >= 0.6 is 0 Å². The molecule has 0 atom stereocenters. The van der Waals surface area contributed by atoms with Crippen LogP contribution in [0, 0.1) is 0 Å². The van der Waals surface area contributed by atoms with Gasteiger partial charge in [-0.1, -0.05) is 0 Å². The third-order valence-electron chi connectivity index (χ3n) is 1.27. The Hall–Kier alpha value is -1.45. The van der Waals surface area contributed by atoms with Crippen molar-refractivity contribution in [1.29, 1.82) is 0 Å².